The van der Waals surface area contributed by atoms with Crippen LogP contribution in [0.15, 0.2) is 89.5 Å². The first-order valence-corrected chi connectivity index (χ1v) is 10.9. The van der Waals surface area contributed by atoms with E-state index in [0.29, 0.717) is 29.2 Å². The minimum absolute atomic E-state index is 0.112. The summed E-state index contributed by atoms with van der Waals surface area (Å²) in [4.78, 5) is 26.0. The van der Waals surface area contributed by atoms with Gasteiger partial charge in [-0.1, -0.05) is 54.6 Å². The Morgan fingerprint density at radius 1 is 0.844 bits per heavy atom. The number of hydrogen-bond acceptors (Lipinski definition) is 3. The van der Waals surface area contributed by atoms with Crippen LogP contribution in [0.4, 0.5) is 0 Å². The molecular weight excluding hydrogens is 400 g/mol. The lowest BCUT2D eigenvalue weighted by molar-refractivity contribution is 0.0904. The molecule has 1 fully saturated rings. The highest BCUT2D eigenvalue weighted by Crippen LogP contribution is 2.33. The Hall–Kier alpha value is -3.86. The van der Waals surface area contributed by atoms with Gasteiger partial charge in [-0.2, -0.15) is 0 Å². The molecule has 5 rings (SSSR count). The van der Waals surface area contributed by atoms with Gasteiger partial charge in [0, 0.05) is 23.5 Å². The quantitative estimate of drug-likeness (QED) is 0.437. The van der Waals surface area contributed by atoms with E-state index in [1.165, 1.54) is 0 Å². The molecule has 2 amide bonds. The second-order valence-corrected chi connectivity index (χ2v) is 8.18. The molecule has 160 valence electrons. The molecule has 1 aliphatic carbocycles. The first-order chi connectivity index (χ1) is 15.7. The fourth-order valence-electron chi connectivity index (χ4n) is 4.12. The number of nitrogens with one attached hydrogen (secondary N) is 2. The van der Waals surface area contributed by atoms with Crippen molar-refractivity contribution in [1.29, 1.82) is 0 Å². The van der Waals surface area contributed by atoms with Crippen LogP contribution in [0.1, 0.15) is 33.6 Å². The van der Waals surface area contributed by atoms with E-state index >= 15 is 0 Å². The van der Waals surface area contributed by atoms with Crippen molar-refractivity contribution < 1.29 is 14.0 Å². The standard InChI is InChI=1S/C27H24N2O3/c30-26(23-11-6-12-25-21(23)15-16-32-25)28-17-24(19-13-14-19)29-27(31)22-10-5-4-9-20(22)18-7-2-1-3-8-18/h1-12,15-16,19,24H,13-14,17H2,(H,28,30)(H,29,31). The van der Waals surface area contributed by atoms with Gasteiger partial charge in [0.25, 0.3) is 11.8 Å². The maximum atomic E-state index is 13.2. The molecule has 0 saturated heterocycles. The molecule has 0 spiro atoms. The lowest BCUT2D eigenvalue weighted by Crippen LogP contribution is -2.45. The molecule has 0 aliphatic heterocycles. The highest BCUT2D eigenvalue weighted by Gasteiger charge is 2.33. The molecule has 1 aromatic heterocycles. The third-order valence-electron chi connectivity index (χ3n) is 5.99. The minimum Gasteiger partial charge on any atom is -0.464 e. The van der Waals surface area contributed by atoms with Gasteiger partial charge < -0.3 is 15.1 Å². The maximum absolute atomic E-state index is 13.2. The van der Waals surface area contributed by atoms with Gasteiger partial charge in [0.1, 0.15) is 5.58 Å². The molecule has 1 unspecified atom stereocenters. The van der Waals surface area contributed by atoms with Crippen molar-refractivity contribution in [2.75, 3.05) is 6.54 Å². The second kappa shape index (κ2) is 8.71. The van der Waals surface area contributed by atoms with Crippen molar-refractivity contribution in [3.63, 3.8) is 0 Å². The molecule has 1 saturated carbocycles. The Morgan fingerprint density at radius 2 is 1.59 bits per heavy atom. The Balaban J connectivity index is 1.30. The van der Waals surface area contributed by atoms with Crippen LogP contribution in [-0.4, -0.2) is 24.4 Å². The highest BCUT2D eigenvalue weighted by molar-refractivity contribution is 6.06. The van der Waals surface area contributed by atoms with E-state index in [2.05, 4.69) is 10.6 Å². The molecule has 32 heavy (non-hydrogen) atoms. The van der Waals surface area contributed by atoms with E-state index in [4.69, 9.17) is 4.42 Å². The summed E-state index contributed by atoms with van der Waals surface area (Å²) in [6.45, 7) is 0.386. The predicted molar refractivity (Wildman–Crippen MR) is 124 cm³/mol. The maximum Gasteiger partial charge on any atom is 0.252 e. The Labute approximate surface area is 186 Å². The molecule has 1 atom stereocenters. The van der Waals surface area contributed by atoms with E-state index in [-0.39, 0.29) is 17.9 Å². The molecule has 0 bridgehead atoms. The summed E-state index contributed by atoms with van der Waals surface area (Å²) in [5, 5.41) is 6.97. The van der Waals surface area contributed by atoms with E-state index in [1.807, 2.05) is 60.7 Å². The summed E-state index contributed by atoms with van der Waals surface area (Å²) in [5.74, 6) is 0.0991. The van der Waals surface area contributed by atoms with Crippen LogP contribution in [0.3, 0.4) is 0 Å². The van der Waals surface area contributed by atoms with Gasteiger partial charge in [-0.05, 0) is 54.2 Å². The largest absolute Gasteiger partial charge is 0.464 e. The summed E-state index contributed by atoms with van der Waals surface area (Å²) in [6, 6.07) is 24.6. The lowest BCUT2D eigenvalue weighted by atomic mass is 9.99. The zero-order valence-electron chi connectivity index (χ0n) is 17.6. The number of carbonyl (C=O) groups is 2. The van der Waals surface area contributed by atoms with Gasteiger partial charge >= 0.3 is 0 Å². The molecule has 4 aromatic rings. The van der Waals surface area contributed by atoms with Crippen LogP contribution in [0, 0.1) is 5.92 Å². The van der Waals surface area contributed by atoms with Crippen molar-refractivity contribution >= 4 is 22.8 Å². The summed E-state index contributed by atoms with van der Waals surface area (Å²) in [7, 11) is 0. The summed E-state index contributed by atoms with van der Waals surface area (Å²) in [6.07, 6.45) is 3.69. The van der Waals surface area contributed by atoms with E-state index in [0.717, 1.165) is 29.4 Å². The number of furan rings is 1. The van der Waals surface area contributed by atoms with Crippen molar-refractivity contribution in [3.05, 3.63) is 96.3 Å². The third-order valence-corrected chi connectivity index (χ3v) is 5.99. The monoisotopic (exact) mass is 424 g/mol. The van der Waals surface area contributed by atoms with Crippen LogP contribution in [0.25, 0.3) is 22.1 Å². The number of amides is 2. The molecular formula is C27H24N2O3. The topological polar surface area (TPSA) is 71.3 Å². The summed E-state index contributed by atoms with van der Waals surface area (Å²) < 4.78 is 5.39. The molecule has 5 heteroatoms. The normalized spacial score (nSPS) is 14.1. The molecule has 1 heterocycles. The Kier molecular flexibility index (Phi) is 5.46. The highest BCUT2D eigenvalue weighted by atomic mass is 16.3. The van der Waals surface area contributed by atoms with E-state index in [1.54, 1.807) is 24.5 Å². The number of rotatable bonds is 7. The zero-order chi connectivity index (χ0) is 21.9. The second-order valence-electron chi connectivity index (χ2n) is 8.18. The number of carbonyl (C=O) groups excluding carboxylic acids is 2. The van der Waals surface area contributed by atoms with Crippen molar-refractivity contribution in [1.82, 2.24) is 10.6 Å². The smallest absolute Gasteiger partial charge is 0.252 e. The summed E-state index contributed by atoms with van der Waals surface area (Å²) >= 11 is 0. The Morgan fingerprint density at radius 3 is 2.41 bits per heavy atom. The van der Waals surface area contributed by atoms with Crippen LogP contribution < -0.4 is 10.6 Å². The zero-order valence-corrected chi connectivity index (χ0v) is 17.6. The van der Waals surface area contributed by atoms with Gasteiger partial charge in [-0.3, -0.25) is 9.59 Å². The SMILES string of the molecule is O=C(NC(CNC(=O)c1cccc2occc12)C1CC1)c1ccccc1-c1ccccc1. The lowest BCUT2D eigenvalue weighted by Gasteiger charge is -2.20. The first kappa shape index (κ1) is 20.1. The number of benzene rings is 3. The van der Waals surface area contributed by atoms with Crippen LogP contribution in [-0.2, 0) is 0 Å². The van der Waals surface area contributed by atoms with Gasteiger partial charge in [0.2, 0.25) is 0 Å². The molecule has 2 N–H and O–H groups in total. The van der Waals surface area contributed by atoms with Gasteiger partial charge in [0.15, 0.2) is 0 Å². The fraction of sp³-hybridized carbons (Fsp3) is 0.185. The average molecular weight is 425 g/mol. The molecule has 5 nitrogen and oxygen atoms in total. The summed E-state index contributed by atoms with van der Waals surface area (Å²) in [5.41, 5.74) is 3.80. The van der Waals surface area contributed by atoms with Gasteiger partial charge in [0.05, 0.1) is 11.8 Å². The number of hydrogen-bond donors (Lipinski definition) is 2. The third kappa shape index (κ3) is 4.14. The van der Waals surface area contributed by atoms with Gasteiger partial charge in [-0.25, -0.2) is 0 Å². The average Bonchev–Trinajstić information content (AvgIpc) is 3.57. The first-order valence-electron chi connectivity index (χ1n) is 10.9. The molecule has 0 radical (unpaired) electrons. The van der Waals surface area contributed by atoms with E-state index in [9.17, 15) is 9.59 Å². The van der Waals surface area contributed by atoms with Crippen LogP contribution in [0.2, 0.25) is 0 Å². The van der Waals surface area contributed by atoms with Crippen LogP contribution in [0.5, 0.6) is 0 Å². The fourth-order valence-corrected chi connectivity index (χ4v) is 4.12. The van der Waals surface area contributed by atoms with Gasteiger partial charge in [-0.15, -0.1) is 0 Å². The molecule has 3 aromatic carbocycles. The number of fused-ring (bicyclic) bond motifs is 1. The van der Waals surface area contributed by atoms with Crippen LogP contribution >= 0.6 is 0 Å². The van der Waals surface area contributed by atoms with Crippen molar-refractivity contribution in [3.8, 4) is 11.1 Å². The minimum atomic E-state index is -0.165. The molecule has 1 aliphatic rings. The van der Waals surface area contributed by atoms with Crippen molar-refractivity contribution in [2.45, 2.75) is 18.9 Å². The Bertz CT molecular complexity index is 1260. The van der Waals surface area contributed by atoms with E-state index < -0.39 is 0 Å². The predicted octanol–water partition coefficient (Wildman–Crippen LogP) is 5.04. The van der Waals surface area contributed by atoms with Crippen molar-refractivity contribution in [2.24, 2.45) is 5.92 Å².